The third-order valence-electron chi connectivity index (χ3n) is 1.38. The molecule has 0 spiro atoms. The minimum atomic E-state index is 0.822. The number of hydrogen-bond acceptors (Lipinski definition) is 1. The summed E-state index contributed by atoms with van der Waals surface area (Å²) in [4.78, 5) is 0. The highest BCUT2D eigenvalue weighted by atomic mass is 32.1. The fourth-order valence-corrected chi connectivity index (χ4v) is 1.07. The Balaban J connectivity index is 2.69. The number of hydrogen-bond donors (Lipinski definition) is 1. The molecule has 10 heavy (non-hydrogen) atoms. The summed E-state index contributed by atoms with van der Waals surface area (Å²) in [7, 11) is 5.50. The average Bonchev–Trinajstić information content (AvgIpc) is 1.95. The molecule has 2 radical (unpaired) electrons. The van der Waals surface area contributed by atoms with Crippen molar-refractivity contribution in [1.82, 2.24) is 0 Å². The molecular weight excluding hydrogens is 139 g/mol. The standard InChI is InChI=1S/C8H9BS/c9-8-3-1-7(2-4-8)5-6-10/h1-4,10H,5-6H2. The van der Waals surface area contributed by atoms with Crippen LogP contribution in [0.2, 0.25) is 0 Å². The summed E-state index contributed by atoms with van der Waals surface area (Å²) in [5.41, 5.74) is 2.12. The van der Waals surface area contributed by atoms with Gasteiger partial charge in [-0.1, -0.05) is 29.7 Å². The Morgan fingerprint density at radius 2 is 1.80 bits per heavy atom. The molecule has 0 fully saturated rings. The molecular formula is C8H9BS. The number of rotatable bonds is 2. The second-order valence-electron chi connectivity index (χ2n) is 2.22. The van der Waals surface area contributed by atoms with Crippen LogP contribution in [0.5, 0.6) is 0 Å². The van der Waals surface area contributed by atoms with Gasteiger partial charge in [-0.25, -0.2) is 0 Å². The largest absolute Gasteiger partial charge is 0.179 e. The van der Waals surface area contributed by atoms with Crippen LogP contribution in [0.4, 0.5) is 0 Å². The Morgan fingerprint density at radius 1 is 1.20 bits per heavy atom. The van der Waals surface area contributed by atoms with Crippen molar-refractivity contribution in [2.24, 2.45) is 0 Å². The summed E-state index contributed by atoms with van der Waals surface area (Å²) >= 11 is 4.13. The van der Waals surface area contributed by atoms with E-state index in [0.717, 1.165) is 17.6 Å². The first-order chi connectivity index (χ1) is 4.83. The second-order valence-corrected chi connectivity index (χ2v) is 2.66. The van der Waals surface area contributed by atoms with Gasteiger partial charge in [-0.05, 0) is 17.7 Å². The van der Waals surface area contributed by atoms with Gasteiger partial charge >= 0.3 is 0 Å². The highest BCUT2D eigenvalue weighted by Crippen LogP contribution is 1.97. The first-order valence-corrected chi connectivity index (χ1v) is 3.91. The Bertz CT molecular complexity index is 193. The lowest BCUT2D eigenvalue weighted by atomic mass is 9.95. The first-order valence-electron chi connectivity index (χ1n) is 3.28. The van der Waals surface area contributed by atoms with E-state index in [-0.39, 0.29) is 0 Å². The van der Waals surface area contributed by atoms with Crippen molar-refractivity contribution in [3.8, 4) is 0 Å². The van der Waals surface area contributed by atoms with Crippen molar-refractivity contribution < 1.29 is 0 Å². The summed E-state index contributed by atoms with van der Waals surface area (Å²) in [6, 6.07) is 7.90. The van der Waals surface area contributed by atoms with Crippen LogP contribution in [-0.2, 0) is 6.42 Å². The number of thiol groups is 1. The van der Waals surface area contributed by atoms with Crippen LogP contribution < -0.4 is 5.46 Å². The van der Waals surface area contributed by atoms with Gasteiger partial charge in [-0.2, -0.15) is 12.6 Å². The second kappa shape index (κ2) is 3.72. The Hall–Kier alpha value is -0.365. The lowest BCUT2D eigenvalue weighted by Crippen LogP contribution is -2.00. The molecule has 2 heteroatoms. The quantitative estimate of drug-likeness (QED) is 0.468. The van der Waals surface area contributed by atoms with E-state index in [0.29, 0.717) is 0 Å². The fraction of sp³-hybridized carbons (Fsp3) is 0.250. The molecule has 0 nitrogen and oxygen atoms in total. The Labute approximate surface area is 68.5 Å². The SMILES string of the molecule is [B]c1ccc(CCS)cc1. The molecule has 0 aliphatic carbocycles. The smallest absolute Gasteiger partial charge is 0.113 e. The molecule has 1 aromatic carbocycles. The highest BCUT2D eigenvalue weighted by molar-refractivity contribution is 7.80. The molecule has 0 unspecified atom stereocenters. The van der Waals surface area contributed by atoms with Crippen LogP contribution in [0.15, 0.2) is 24.3 Å². The van der Waals surface area contributed by atoms with Crippen molar-refractivity contribution in [2.75, 3.05) is 5.75 Å². The topological polar surface area (TPSA) is 0 Å². The van der Waals surface area contributed by atoms with E-state index >= 15 is 0 Å². The minimum Gasteiger partial charge on any atom is -0.179 e. The van der Waals surface area contributed by atoms with Crippen LogP contribution in [0, 0.1) is 0 Å². The van der Waals surface area contributed by atoms with E-state index < -0.39 is 0 Å². The van der Waals surface area contributed by atoms with Crippen LogP contribution >= 0.6 is 12.6 Å². The fourth-order valence-electron chi connectivity index (χ4n) is 0.813. The zero-order valence-corrected chi connectivity index (χ0v) is 6.64. The number of benzene rings is 1. The van der Waals surface area contributed by atoms with Crippen LogP contribution in [0.1, 0.15) is 5.56 Å². The molecule has 0 aromatic heterocycles. The third-order valence-corrected chi connectivity index (χ3v) is 1.60. The Kier molecular flexibility index (Phi) is 2.88. The van der Waals surface area contributed by atoms with E-state index in [1.54, 1.807) is 0 Å². The molecule has 0 atom stereocenters. The van der Waals surface area contributed by atoms with E-state index in [1.165, 1.54) is 5.56 Å². The molecule has 0 saturated heterocycles. The molecule has 1 aromatic rings. The van der Waals surface area contributed by atoms with Crippen molar-refractivity contribution in [2.45, 2.75) is 6.42 Å². The van der Waals surface area contributed by atoms with E-state index in [9.17, 15) is 0 Å². The Morgan fingerprint density at radius 3 is 2.30 bits per heavy atom. The van der Waals surface area contributed by atoms with Crippen LogP contribution in [-0.4, -0.2) is 13.6 Å². The molecule has 1 rings (SSSR count). The van der Waals surface area contributed by atoms with Gasteiger partial charge in [0.05, 0.1) is 0 Å². The van der Waals surface area contributed by atoms with Gasteiger partial charge in [0.25, 0.3) is 0 Å². The van der Waals surface area contributed by atoms with Gasteiger partial charge in [-0.15, -0.1) is 0 Å². The van der Waals surface area contributed by atoms with Crippen LogP contribution in [0.25, 0.3) is 0 Å². The molecule has 0 N–H and O–H groups in total. The summed E-state index contributed by atoms with van der Waals surface area (Å²) in [5.74, 6) is 0.893. The lowest BCUT2D eigenvalue weighted by molar-refractivity contribution is 1.17. The van der Waals surface area contributed by atoms with Gasteiger partial charge in [0.1, 0.15) is 7.85 Å². The molecule has 0 amide bonds. The van der Waals surface area contributed by atoms with E-state index in [2.05, 4.69) is 12.6 Å². The minimum absolute atomic E-state index is 0.822. The average molecular weight is 148 g/mol. The maximum atomic E-state index is 5.50. The van der Waals surface area contributed by atoms with E-state index in [1.807, 2.05) is 24.3 Å². The number of aryl methyl sites for hydroxylation is 1. The summed E-state index contributed by atoms with van der Waals surface area (Å²) in [6.45, 7) is 0. The molecule has 0 heterocycles. The van der Waals surface area contributed by atoms with Gasteiger partial charge in [0, 0.05) is 0 Å². The van der Waals surface area contributed by atoms with Crippen LogP contribution in [0.3, 0.4) is 0 Å². The van der Waals surface area contributed by atoms with Crippen molar-refractivity contribution in [3.05, 3.63) is 29.8 Å². The molecule has 0 bridgehead atoms. The van der Waals surface area contributed by atoms with Gasteiger partial charge in [0.15, 0.2) is 0 Å². The van der Waals surface area contributed by atoms with E-state index in [4.69, 9.17) is 7.85 Å². The monoisotopic (exact) mass is 148 g/mol. The predicted octanol–water partition coefficient (Wildman–Crippen LogP) is 0.953. The van der Waals surface area contributed by atoms with Gasteiger partial charge in [-0.3, -0.25) is 0 Å². The third kappa shape index (κ3) is 2.11. The lowest BCUT2D eigenvalue weighted by Gasteiger charge is -1.97. The maximum Gasteiger partial charge on any atom is 0.113 e. The first kappa shape index (κ1) is 7.74. The normalized spacial score (nSPS) is 9.70. The van der Waals surface area contributed by atoms with Gasteiger partial charge in [0.2, 0.25) is 0 Å². The zero-order chi connectivity index (χ0) is 7.40. The van der Waals surface area contributed by atoms with Crippen molar-refractivity contribution in [1.29, 1.82) is 0 Å². The van der Waals surface area contributed by atoms with Crippen molar-refractivity contribution >= 4 is 25.9 Å². The predicted molar refractivity (Wildman–Crippen MR) is 49.4 cm³/mol. The maximum absolute atomic E-state index is 5.50. The molecule has 0 aliphatic heterocycles. The van der Waals surface area contributed by atoms with Crippen molar-refractivity contribution in [3.63, 3.8) is 0 Å². The zero-order valence-electron chi connectivity index (χ0n) is 5.75. The summed E-state index contributed by atoms with van der Waals surface area (Å²) in [6.07, 6.45) is 1.02. The highest BCUT2D eigenvalue weighted by Gasteiger charge is 1.88. The summed E-state index contributed by atoms with van der Waals surface area (Å²) < 4.78 is 0. The summed E-state index contributed by atoms with van der Waals surface area (Å²) in [5, 5.41) is 0. The van der Waals surface area contributed by atoms with Gasteiger partial charge < -0.3 is 0 Å². The molecule has 50 valence electrons. The molecule has 0 saturated carbocycles. The molecule has 0 aliphatic rings.